The van der Waals surface area contributed by atoms with Crippen molar-refractivity contribution in [2.24, 2.45) is 46.3 Å². The second kappa shape index (κ2) is 11.3. The summed E-state index contributed by atoms with van der Waals surface area (Å²) in [7, 11) is 0. The number of aliphatic hydroxyl groups is 2. The molecule has 5 nitrogen and oxygen atoms in total. The first-order valence-corrected chi connectivity index (χ1v) is 15.2. The fourth-order valence-corrected chi connectivity index (χ4v) is 9.70. The van der Waals surface area contributed by atoms with Crippen LogP contribution in [-0.2, 0) is 4.74 Å². The Morgan fingerprint density at radius 3 is 2.58 bits per heavy atom. The van der Waals surface area contributed by atoms with Gasteiger partial charge in [-0.05, 0) is 116 Å². The highest BCUT2D eigenvalue weighted by atomic mass is 16.5. The highest BCUT2D eigenvalue weighted by Crippen LogP contribution is 2.68. The summed E-state index contributed by atoms with van der Waals surface area (Å²) in [6.07, 6.45) is 12.7. The molecule has 4 aliphatic rings. The van der Waals surface area contributed by atoms with E-state index in [9.17, 15) is 15.0 Å². The van der Waals surface area contributed by atoms with Crippen LogP contribution < -0.4 is 5.32 Å². The molecule has 210 valence electrons. The maximum absolute atomic E-state index is 12.2. The van der Waals surface area contributed by atoms with Crippen LogP contribution in [0.1, 0.15) is 84.1 Å². The van der Waals surface area contributed by atoms with Crippen molar-refractivity contribution in [3.8, 4) is 0 Å². The Morgan fingerprint density at radius 1 is 1.05 bits per heavy atom. The third kappa shape index (κ3) is 5.30. The molecular weight excluding hydrogens is 474 g/mol. The lowest BCUT2D eigenvalue weighted by Gasteiger charge is -2.62. The van der Waals surface area contributed by atoms with E-state index in [4.69, 9.17) is 4.74 Å². The van der Waals surface area contributed by atoms with Gasteiger partial charge in [0.2, 0.25) is 0 Å². The third-order valence-corrected chi connectivity index (χ3v) is 11.7. The molecule has 0 aliphatic heterocycles. The van der Waals surface area contributed by atoms with E-state index in [0.29, 0.717) is 42.1 Å². The molecule has 5 rings (SSSR count). The molecule has 1 aromatic carbocycles. The summed E-state index contributed by atoms with van der Waals surface area (Å²) in [5.74, 6) is 3.19. The number of fused-ring (bicyclic) bond motifs is 5. The zero-order valence-electron chi connectivity index (χ0n) is 23.6. The van der Waals surface area contributed by atoms with Crippen molar-refractivity contribution in [3.05, 3.63) is 42.0 Å². The van der Waals surface area contributed by atoms with E-state index in [1.54, 1.807) is 0 Å². The van der Waals surface area contributed by atoms with Gasteiger partial charge < -0.3 is 20.3 Å². The number of ether oxygens (including phenoxy) is 1. The molecule has 0 aromatic heterocycles. The van der Waals surface area contributed by atoms with E-state index in [-0.39, 0.29) is 35.7 Å². The van der Waals surface area contributed by atoms with E-state index < -0.39 is 0 Å². The lowest BCUT2D eigenvalue weighted by Crippen LogP contribution is -2.58. The molecular formula is C33H49NO4. The van der Waals surface area contributed by atoms with Crippen LogP contribution >= 0.6 is 0 Å². The van der Waals surface area contributed by atoms with E-state index in [1.165, 1.54) is 25.7 Å². The molecule has 1 aromatic rings. The maximum Gasteiger partial charge on any atom is 0.407 e. The second-order valence-electron chi connectivity index (χ2n) is 13.6. The van der Waals surface area contributed by atoms with Crippen molar-refractivity contribution in [3.63, 3.8) is 0 Å². The van der Waals surface area contributed by atoms with Gasteiger partial charge in [0.1, 0.15) is 6.61 Å². The molecule has 5 heteroatoms. The predicted molar refractivity (Wildman–Crippen MR) is 151 cm³/mol. The van der Waals surface area contributed by atoms with Gasteiger partial charge in [-0.25, -0.2) is 4.79 Å². The monoisotopic (exact) mass is 523 g/mol. The first kappa shape index (κ1) is 27.7. The van der Waals surface area contributed by atoms with Crippen LogP contribution in [0, 0.1) is 46.3 Å². The van der Waals surface area contributed by atoms with E-state index >= 15 is 0 Å². The zero-order chi connectivity index (χ0) is 26.9. The van der Waals surface area contributed by atoms with Crippen LogP contribution in [0.3, 0.4) is 0 Å². The quantitative estimate of drug-likeness (QED) is 0.384. The molecule has 0 spiro atoms. The van der Waals surface area contributed by atoms with Gasteiger partial charge in [-0.1, -0.05) is 57.2 Å². The van der Waals surface area contributed by atoms with Crippen molar-refractivity contribution >= 4 is 12.2 Å². The summed E-state index contributed by atoms with van der Waals surface area (Å²) in [6.45, 7) is 8.25. The lowest BCUT2D eigenvalue weighted by molar-refractivity contribution is -0.174. The van der Waals surface area contributed by atoms with Crippen LogP contribution in [0.2, 0.25) is 0 Å². The first-order chi connectivity index (χ1) is 18.2. The molecule has 0 heterocycles. The molecule has 1 amide bonds. The molecule has 4 saturated carbocycles. The summed E-state index contributed by atoms with van der Waals surface area (Å²) in [5.41, 5.74) is 1.63. The molecule has 2 unspecified atom stereocenters. The summed E-state index contributed by atoms with van der Waals surface area (Å²) in [4.78, 5) is 12.2. The van der Waals surface area contributed by atoms with Gasteiger partial charge >= 0.3 is 6.09 Å². The second-order valence-corrected chi connectivity index (χ2v) is 13.6. The fraction of sp³-hybridized carbons (Fsp3) is 0.727. The molecule has 0 radical (unpaired) electrons. The van der Waals surface area contributed by atoms with Gasteiger partial charge in [-0.3, -0.25) is 0 Å². The third-order valence-electron chi connectivity index (χ3n) is 11.7. The van der Waals surface area contributed by atoms with Gasteiger partial charge in [-0.15, -0.1) is 0 Å². The van der Waals surface area contributed by atoms with Gasteiger partial charge in [0.05, 0.1) is 12.2 Å². The number of rotatable bonds is 7. The van der Waals surface area contributed by atoms with E-state index in [1.807, 2.05) is 42.5 Å². The Morgan fingerprint density at radius 2 is 1.79 bits per heavy atom. The van der Waals surface area contributed by atoms with Crippen molar-refractivity contribution < 1.29 is 19.7 Å². The first-order valence-electron chi connectivity index (χ1n) is 15.2. The normalized spacial score (nSPS) is 41.1. The van der Waals surface area contributed by atoms with Gasteiger partial charge in [0.25, 0.3) is 0 Å². The summed E-state index contributed by atoms with van der Waals surface area (Å²) < 4.78 is 5.33. The Labute approximate surface area is 229 Å². The van der Waals surface area contributed by atoms with E-state index in [0.717, 1.165) is 37.7 Å². The fourth-order valence-electron chi connectivity index (χ4n) is 9.70. The highest BCUT2D eigenvalue weighted by Gasteiger charge is 2.62. The van der Waals surface area contributed by atoms with Crippen molar-refractivity contribution in [1.82, 2.24) is 5.32 Å². The highest BCUT2D eigenvalue weighted by molar-refractivity contribution is 5.67. The Balaban J connectivity index is 1.12. The number of carbonyl (C=O) groups excluding carboxylic acids is 1. The topological polar surface area (TPSA) is 78.8 Å². The lowest BCUT2D eigenvalue weighted by atomic mass is 9.43. The molecule has 3 N–H and O–H groups in total. The minimum Gasteiger partial charge on any atom is -0.445 e. The Bertz CT molecular complexity index is 980. The average Bonchev–Trinajstić information content (AvgIpc) is 3.25. The smallest absolute Gasteiger partial charge is 0.407 e. The van der Waals surface area contributed by atoms with Gasteiger partial charge in [0.15, 0.2) is 0 Å². The van der Waals surface area contributed by atoms with Gasteiger partial charge in [0, 0.05) is 6.54 Å². The minimum absolute atomic E-state index is 0.181. The number of amides is 1. The number of nitrogens with one attached hydrogen (secondary N) is 1. The molecule has 4 aliphatic carbocycles. The maximum atomic E-state index is 12.2. The molecule has 10 atom stereocenters. The predicted octanol–water partition coefficient (Wildman–Crippen LogP) is 6.44. The number of hydrogen-bond donors (Lipinski definition) is 3. The van der Waals surface area contributed by atoms with Crippen molar-refractivity contribution in [2.75, 3.05) is 13.2 Å². The zero-order valence-corrected chi connectivity index (χ0v) is 23.6. The molecule has 38 heavy (non-hydrogen) atoms. The van der Waals surface area contributed by atoms with Crippen LogP contribution in [-0.4, -0.2) is 41.7 Å². The Hall–Kier alpha value is -1.85. The number of hydrogen-bond acceptors (Lipinski definition) is 4. The van der Waals surface area contributed by atoms with Crippen LogP contribution in [0.4, 0.5) is 4.79 Å². The minimum atomic E-state index is -0.350. The number of benzene rings is 1. The average molecular weight is 524 g/mol. The van der Waals surface area contributed by atoms with Crippen LogP contribution in [0.25, 0.3) is 6.08 Å². The largest absolute Gasteiger partial charge is 0.445 e. The van der Waals surface area contributed by atoms with Crippen molar-refractivity contribution in [2.45, 2.75) is 90.8 Å². The van der Waals surface area contributed by atoms with Crippen molar-refractivity contribution in [1.29, 1.82) is 0 Å². The van der Waals surface area contributed by atoms with E-state index in [2.05, 4.69) is 26.1 Å². The molecule has 4 fully saturated rings. The SMILES string of the molecule is C[C@H](CCNC(=O)OC/C=C/c1ccccc1)C1CC[C@H]2[C@@H]3[C@H](O)CC4C[C@H](O)CC[C@]4(C)[C@H]3CC[C@]12C. The van der Waals surface area contributed by atoms with Crippen LogP contribution in [0.5, 0.6) is 0 Å². The summed E-state index contributed by atoms with van der Waals surface area (Å²) in [5, 5.41) is 24.7. The number of aliphatic hydroxyl groups excluding tert-OH is 2. The van der Waals surface area contributed by atoms with Gasteiger partial charge in [-0.2, -0.15) is 0 Å². The number of carbonyl (C=O) groups is 1. The summed E-state index contributed by atoms with van der Waals surface area (Å²) >= 11 is 0. The Kier molecular flexibility index (Phi) is 8.26. The van der Waals surface area contributed by atoms with Crippen LogP contribution in [0.15, 0.2) is 36.4 Å². The number of alkyl carbamates (subject to hydrolysis) is 1. The standard InChI is InChI=1S/C33H49NO4/c1-22(15-18-34-31(37)38-19-7-10-23-8-5-4-6-9-23)26-11-12-27-30-28(14-17-33(26,27)3)32(2)16-13-25(35)20-24(32)21-29(30)36/h4-10,22,24-30,35-36H,11-21H2,1-3H3,(H,34,37)/b10-7+/t22-,24?,25-,26?,27+,28+,29-,30+,32+,33-/m1/s1. The molecule has 0 bridgehead atoms. The summed E-state index contributed by atoms with van der Waals surface area (Å²) in [6, 6.07) is 10.00. The molecule has 0 saturated heterocycles.